The fourth-order valence-electron chi connectivity index (χ4n) is 3.81. The summed E-state index contributed by atoms with van der Waals surface area (Å²) in [6.45, 7) is 1.07. The predicted molar refractivity (Wildman–Crippen MR) is 126 cm³/mol. The number of benzene rings is 4. The lowest BCUT2D eigenvalue weighted by molar-refractivity contribution is 0.447. The van der Waals surface area contributed by atoms with Gasteiger partial charge in [0.15, 0.2) is 23.3 Å². The number of allylic oxidation sites excluding steroid dienone is 1. The van der Waals surface area contributed by atoms with Crippen LogP contribution in [0.1, 0.15) is 23.6 Å². The lowest BCUT2D eigenvalue weighted by Crippen LogP contribution is -1.94. The zero-order valence-corrected chi connectivity index (χ0v) is 18.7. The van der Waals surface area contributed by atoms with Crippen molar-refractivity contribution in [2.24, 2.45) is 0 Å². The summed E-state index contributed by atoms with van der Waals surface area (Å²) in [5.41, 5.74) is 3.43. The lowest BCUT2D eigenvalue weighted by atomic mass is 9.97. The summed E-state index contributed by atoms with van der Waals surface area (Å²) < 4.78 is 81.6. The second kappa shape index (κ2) is 10.2. The third-order valence-corrected chi connectivity index (χ3v) is 5.76. The first-order chi connectivity index (χ1) is 16.7. The van der Waals surface area contributed by atoms with Crippen LogP contribution < -0.4 is 0 Å². The fourth-order valence-corrected chi connectivity index (χ4v) is 3.81. The van der Waals surface area contributed by atoms with Crippen LogP contribution in [0.2, 0.25) is 0 Å². The highest BCUT2D eigenvalue weighted by Gasteiger charge is 2.15. The summed E-state index contributed by atoms with van der Waals surface area (Å²) >= 11 is 0. The van der Waals surface area contributed by atoms with E-state index in [0.29, 0.717) is 12.0 Å². The van der Waals surface area contributed by atoms with Crippen LogP contribution in [0.25, 0.3) is 28.1 Å². The highest BCUT2D eigenvalue weighted by molar-refractivity contribution is 5.71. The van der Waals surface area contributed by atoms with Gasteiger partial charge in [-0.1, -0.05) is 60.7 Å². The average Bonchev–Trinajstić information content (AvgIpc) is 2.86. The Morgan fingerprint density at radius 1 is 0.571 bits per heavy atom. The summed E-state index contributed by atoms with van der Waals surface area (Å²) in [6.07, 6.45) is 1.42. The van der Waals surface area contributed by atoms with Crippen LogP contribution in [0.15, 0.2) is 84.7 Å². The minimum absolute atomic E-state index is 0.0359. The first-order valence-corrected chi connectivity index (χ1v) is 10.9. The van der Waals surface area contributed by atoms with Crippen molar-refractivity contribution in [3.05, 3.63) is 125 Å². The van der Waals surface area contributed by atoms with Gasteiger partial charge in [-0.2, -0.15) is 0 Å². The molecule has 0 saturated carbocycles. The third kappa shape index (κ3) is 5.48. The van der Waals surface area contributed by atoms with Gasteiger partial charge in [0.1, 0.15) is 11.6 Å². The fraction of sp³-hybridized carbons (Fsp3) is 0.103. The van der Waals surface area contributed by atoms with E-state index in [1.807, 2.05) is 24.3 Å². The Balaban J connectivity index is 1.45. The van der Waals surface area contributed by atoms with E-state index in [9.17, 15) is 26.3 Å². The van der Waals surface area contributed by atoms with Gasteiger partial charge in [-0.3, -0.25) is 0 Å². The van der Waals surface area contributed by atoms with Gasteiger partial charge in [-0.05, 0) is 65.8 Å². The molecule has 4 aromatic rings. The molecule has 0 fully saturated rings. The van der Waals surface area contributed by atoms with Gasteiger partial charge >= 0.3 is 0 Å². The Hall–Kier alpha value is -3.80. The Bertz CT molecular complexity index is 1360. The SMILES string of the molecule is CC(F)=C(F)c1ccc(CCc2ccc(-c3ccc(-c4cc(F)c(F)c(F)c4)c(F)c3)cc2)cc1. The van der Waals surface area contributed by atoms with Gasteiger partial charge in [0.2, 0.25) is 0 Å². The molecule has 178 valence electrons. The monoisotopic (exact) mass is 482 g/mol. The number of hydrogen-bond donors (Lipinski definition) is 0. The van der Waals surface area contributed by atoms with Crippen LogP contribution in [-0.2, 0) is 12.8 Å². The van der Waals surface area contributed by atoms with E-state index in [-0.39, 0.29) is 16.7 Å². The number of halogens is 6. The molecule has 0 aliphatic carbocycles. The summed E-state index contributed by atoms with van der Waals surface area (Å²) in [5.74, 6) is -6.77. The highest BCUT2D eigenvalue weighted by Crippen LogP contribution is 2.30. The van der Waals surface area contributed by atoms with Crippen LogP contribution in [0.4, 0.5) is 26.3 Å². The van der Waals surface area contributed by atoms with Gasteiger partial charge in [0, 0.05) is 11.1 Å². The van der Waals surface area contributed by atoms with Crippen molar-refractivity contribution < 1.29 is 26.3 Å². The molecule has 4 aromatic carbocycles. The molecular weight excluding hydrogens is 462 g/mol. The molecule has 4 rings (SSSR count). The standard InChI is InChI=1S/C29H20F6/c1-17(30)28(34)21-10-6-19(7-11-21)3-2-18-4-8-20(9-5-18)22-12-13-24(25(31)14-22)23-15-26(32)29(35)27(33)16-23/h4-16H,2-3H2,1H3. The minimum atomic E-state index is -1.60. The van der Waals surface area contributed by atoms with E-state index >= 15 is 0 Å². The Kier molecular flexibility index (Phi) is 7.10. The average molecular weight is 482 g/mol. The van der Waals surface area contributed by atoms with Gasteiger partial charge in [0.25, 0.3) is 0 Å². The van der Waals surface area contributed by atoms with Crippen molar-refractivity contribution in [1.82, 2.24) is 0 Å². The summed E-state index contributed by atoms with van der Waals surface area (Å²) in [5, 5.41) is 0. The zero-order chi connectivity index (χ0) is 25.1. The molecule has 0 saturated heterocycles. The van der Waals surface area contributed by atoms with Gasteiger partial charge in [0.05, 0.1) is 0 Å². The van der Waals surface area contributed by atoms with Crippen LogP contribution in [0.3, 0.4) is 0 Å². The number of hydrogen-bond acceptors (Lipinski definition) is 0. The maximum absolute atomic E-state index is 14.7. The predicted octanol–water partition coefficient (Wildman–Crippen LogP) is 8.99. The van der Waals surface area contributed by atoms with Crippen LogP contribution >= 0.6 is 0 Å². The molecule has 35 heavy (non-hydrogen) atoms. The molecular formula is C29H20F6. The van der Waals surface area contributed by atoms with Crippen molar-refractivity contribution in [3.63, 3.8) is 0 Å². The first kappa shape index (κ1) is 24.3. The van der Waals surface area contributed by atoms with E-state index in [1.165, 1.54) is 12.1 Å². The van der Waals surface area contributed by atoms with Crippen LogP contribution in [0, 0.1) is 23.3 Å². The largest absolute Gasteiger partial charge is 0.209 e. The minimum Gasteiger partial charge on any atom is -0.209 e. The second-order valence-corrected chi connectivity index (χ2v) is 8.19. The molecule has 0 aliphatic heterocycles. The normalized spacial score (nSPS) is 12.0. The molecule has 0 N–H and O–H groups in total. The van der Waals surface area contributed by atoms with Gasteiger partial charge < -0.3 is 0 Å². The maximum Gasteiger partial charge on any atom is 0.194 e. The van der Waals surface area contributed by atoms with Crippen LogP contribution in [0.5, 0.6) is 0 Å². The van der Waals surface area contributed by atoms with Crippen molar-refractivity contribution in [2.75, 3.05) is 0 Å². The number of aryl methyl sites for hydroxylation is 2. The smallest absolute Gasteiger partial charge is 0.194 e. The highest BCUT2D eigenvalue weighted by atomic mass is 19.2. The quantitative estimate of drug-likeness (QED) is 0.190. The molecule has 0 bridgehead atoms. The third-order valence-electron chi connectivity index (χ3n) is 5.76. The second-order valence-electron chi connectivity index (χ2n) is 8.19. The number of rotatable bonds is 6. The van der Waals surface area contributed by atoms with E-state index in [2.05, 4.69) is 0 Å². The molecule has 0 amide bonds. The Labute approximate surface area is 199 Å². The summed E-state index contributed by atoms with van der Waals surface area (Å²) in [6, 6.07) is 19.9. The molecule has 0 unspecified atom stereocenters. The van der Waals surface area contributed by atoms with Crippen molar-refractivity contribution in [3.8, 4) is 22.3 Å². The molecule has 0 spiro atoms. The van der Waals surface area contributed by atoms with Crippen LogP contribution in [-0.4, -0.2) is 0 Å². The first-order valence-electron chi connectivity index (χ1n) is 10.9. The molecule has 0 aliphatic rings. The zero-order valence-electron chi connectivity index (χ0n) is 18.7. The molecule has 0 radical (unpaired) electrons. The topological polar surface area (TPSA) is 0 Å². The van der Waals surface area contributed by atoms with Gasteiger partial charge in [-0.15, -0.1) is 0 Å². The summed E-state index contributed by atoms with van der Waals surface area (Å²) in [4.78, 5) is 0. The van der Waals surface area contributed by atoms with Crippen molar-refractivity contribution in [2.45, 2.75) is 19.8 Å². The van der Waals surface area contributed by atoms with E-state index < -0.39 is 34.9 Å². The molecule has 0 nitrogen and oxygen atoms in total. The van der Waals surface area contributed by atoms with E-state index in [0.717, 1.165) is 42.2 Å². The molecule has 0 heterocycles. The molecule has 0 atom stereocenters. The van der Waals surface area contributed by atoms with E-state index in [1.54, 1.807) is 30.3 Å². The van der Waals surface area contributed by atoms with Crippen molar-refractivity contribution >= 4 is 5.83 Å². The van der Waals surface area contributed by atoms with E-state index in [4.69, 9.17) is 0 Å². The van der Waals surface area contributed by atoms with Crippen molar-refractivity contribution in [1.29, 1.82) is 0 Å². The molecule has 0 aromatic heterocycles. The Morgan fingerprint density at radius 3 is 1.57 bits per heavy atom. The Morgan fingerprint density at radius 2 is 1.06 bits per heavy atom. The molecule has 6 heteroatoms. The lowest BCUT2D eigenvalue weighted by Gasteiger charge is -2.09. The summed E-state index contributed by atoms with van der Waals surface area (Å²) in [7, 11) is 0. The maximum atomic E-state index is 14.7. The van der Waals surface area contributed by atoms with Gasteiger partial charge in [-0.25, -0.2) is 26.3 Å².